The summed E-state index contributed by atoms with van der Waals surface area (Å²) >= 11 is 1.78. The van der Waals surface area contributed by atoms with Gasteiger partial charge >= 0.3 is 5.97 Å². The third-order valence-electron chi connectivity index (χ3n) is 2.98. The summed E-state index contributed by atoms with van der Waals surface area (Å²) in [5.74, 6) is 3.28. The molecule has 1 aliphatic rings. The lowest BCUT2D eigenvalue weighted by atomic mass is 10.1. The molecule has 1 heterocycles. The number of carbonyl (C=O) groups excluding carboxylic acids is 1. The molecule has 0 amide bonds. The van der Waals surface area contributed by atoms with Crippen molar-refractivity contribution >= 4 is 17.7 Å². The summed E-state index contributed by atoms with van der Waals surface area (Å²) in [6.07, 6.45) is 1.49. The van der Waals surface area contributed by atoms with E-state index in [-0.39, 0.29) is 5.97 Å². The Morgan fingerprint density at radius 1 is 1.53 bits per heavy atom. The molecule has 1 aromatic rings. The first-order valence-corrected chi connectivity index (χ1v) is 7.82. The minimum Gasteiger partial charge on any atom is -0.465 e. The van der Waals surface area contributed by atoms with Crippen molar-refractivity contribution in [2.24, 2.45) is 5.92 Å². The van der Waals surface area contributed by atoms with Crippen LogP contribution >= 0.6 is 11.8 Å². The van der Waals surface area contributed by atoms with Crippen molar-refractivity contribution in [3.63, 3.8) is 0 Å². The molecule has 1 saturated carbocycles. The van der Waals surface area contributed by atoms with E-state index in [4.69, 9.17) is 9.26 Å². The highest BCUT2D eigenvalue weighted by Crippen LogP contribution is 2.48. The van der Waals surface area contributed by atoms with Crippen LogP contribution in [0.25, 0.3) is 0 Å². The molecule has 1 aromatic heterocycles. The summed E-state index contributed by atoms with van der Waals surface area (Å²) in [5.41, 5.74) is -0.649. The van der Waals surface area contributed by atoms with Gasteiger partial charge in [0.15, 0.2) is 5.82 Å². The fourth-order valence-corrected chi connectivity index (χ4v) is 2.68. The maximum Gasteiger partial charge on any atom is 0.321 e. The van der Waals surface area contributed by atoms with Crippen LogP contribution in [0.4, 0.5) is 0 Å². The number of rotatable bonds is 7. The molecule has 2 rings (SSSR count). The number of aromatic nitrogens is 2. The van der Waals surface area contributed by atoms with E-state index in [1.807, 2.05) is 0 Å². The van der Waals surface area contributed by atoms with Gasteiger partial charge in [-0.1, -0.05) is 19.0 Å². The quantitative estimate of drug-likeness (QED) is 0.717. The van der Waals surface area contributed by atoms with Crippen molar-refractivity contribution < 1.29 is 14.1 Å². The lowest BCUT2D eigenvalue weighted by molar-refractivity contribution is -0.146. The van der Waals surface area contributed by atoms with Crippen molar-refractivity contribution in [2.75, 3.05) is 12.4 Å². The molecule has 0 aliphatic heterocycles. The largest absolute Gasteiger partial charge is 0.465 e. The predicted octanol–water partition coefficient (Wildman–Crippen LogP) is 2.55. The van der Waals surface area contributed by atoms with Gasteiger partial charge < -0.3 is 9.26 Å². The molecule has 0 N–H and O–H groups in total. The maximum atomic E-state index is 11.9. The van der Waals surface area contributed by atoms with Gasteiger partial charge in [0.1, 0.15) is 5.41 Å². The van der Waals surface area contributed by atoms with Crippen LogP contribution in [0.5, 0.6) is 0 Å². The number of thioether (sulfide) groups is 1. The molecule has 0 bridgehead atoms. The van der Waals surface area contributed by atoms with E-state index in [1.165, 1.54) is 0 Å². The van der Waals surface area contributed by atoms with E-state index in [9.17, 15) is 4.79 Å². The number of carbonyl (C=O) groups is 1. The van der Waals surface area contributed by atoms with Gasteiger partial charge in [-0.3, -0.25) is 4.79 Å². The van der Waals surface area contributed by atoms with Crippen LogP contribution in [0, 0.1) is 5.92 Å². The van der Waals surface area contributed by atoms with E-state index in [0.717, 1.165) is 24.3 Å². The average Bonchev–Trinajstić information content (AvgIpc) is 3.04. The van der Waals surface area contributed by atoms with Gasteiger partial charge in [-0.15, -0.1) is 0 Å². The van der Waals surface area contributed by atoms with Gasteiger partial charge in [0.05, 0.1) is 12.4 Å². The molecular weight excluding hydrogens is 264 g/mol. The van der Waals surface area contributed by atoms with Crippen LogP contribution in [-0.4, -0.2) is 28.5 Å². The molecule has 0 saturated heterocycles. The number of nitrogens with zero attached hydrogens (tertiary/aromatic N) is 2. The van der Waals surface area contributed by atoms with Crippen LogP contribution in [0.3, 0.4) is 0 Å². The van der Waals surface area contributed by atoms with Gasteiger partial charge in [-0.25, -0.2) is 0 Å². The molecule has 0 spiro atoms. The highest BCUT2D eigenvalue weighted by atomic mass is 32.2. The molecular formula is C13H20N2O3S. The molecule has 19 heavy (non-hydrogen) atoms. The average molecular weight is 284 g/mol. The zero-order valence-electron chi connectivity index (χ0n) is 11.6. The topological polar surface area (TPSA) is 65.2 Å². The van der Waals surface area contributed by atoms with Crippen LogP contribution in [0.1, 0.15) is 45.3 Å². The van der Waals surface area contributed by atoms with Crippen molar-refractivity contribution in [1.29, 1.82) is 0 Å². The van der Waals surface area contributed by atoms with Gasteiger partial charge in [0, 0.05) is 0 Å². The molecule has 106 valence electrons. The molecule has 5 nitrogen and oxygen atoms in total. The second-order valence-corrected chi connectivity index (χ2v) is 6.26. The fourth-order valence-electron chi connectivity index (χ4n) is 1.79. The Bertz CT molecular complexity index is 441. The molecule has 0 unspecified atom stereocenters. The first kappa shape index (κ1) is 14.4. The highest BCUT2D eigenvalue weighted by Gasteiger charge is 2.57. The standard InChI is InChI=1S/C13H20N2O3S/c1-4-17-12(16)13(5-6-13)11-14-10(15-18-11)8-19-7-9(2)3/h9H,4-8H2,1-3H3. The third-order valence-corrected chi connectivity index (χ3v) is 4.34. The van der Waals surface area contributed by atoms with Gasteiger partial charge in [-0.2, -0.15) is 16.7 Å². The molecule has 1 aliphatic carbocycles. The van der Waals surface area contributed by atoms with Gasteiger partial charge in [0.2, 0.25) is 5.89 Å². The SMILES string of the molecule is CCOC(=O)C1(c2nc(CSCC(C)C)no2)CC1. The van der Waals surface area contributed by atoms with Crippen LogP contribution in [0.2, 0.25) is 0 Å². The zero-order chi connectivity index (χ0) is 13.9. The first-order chi connectivity index (χ1) is 9.08. The second kappa shape index (κ2) is 5.94. The Hall–Kier alpha value is -1.04. The normalized spacial score (nSPS) is 16.6. The number of esters is 1. The summed E-state index contributed by atoms with van der Waals surface area (Å²) in [5, 5.41) is 3.95. The zero-order valence-corrected chi connectivity index (χ0v) is 12.5. The third kappa shape index (κ3) is 3.29. The minimum atomic E-state index is -0.649. The molecule has 1 fully saturated rings. The summed E-state index contributed by atoms with van der Waals surface area (Å²) in [6, 6.07) is 0. The minimum absolute atomic E-state index is 0.236. The Kier molecular flexibility index (Phi) is 4.50. The fraction of sp³-hybridized carbons (Fsp3) is 0.769. The van der Waals surface area contributed by atoms with Crippen molar-refractivity contribution in [2.45, 2.75) is 44.8 Å². The maximum absolute atomic E-state index is 11.9. The Morgan fingerprint density at radius 2 is 2.26 bits per heavy atom. The van der Waals surface area contributed by atoms with Gasteiger partial charge in [0.25, 0.3) is 0 Å². The number of hydrogen-bond acceptors (Lipinski definition) is 6. The smallest absolute Gasteiger partial charge is 0.321 e. The van der Waals surface area contributed by atoms with Crippen molar-refractivity contribution in [1.82, 2.24) is 10.1 Å². The molecule has 6 heteroatoms. The highest BCUT2D eigenvalue weighted by molar-refractivity contribution is 7.98. The Balaban J connectivity index is 1.95. The summed E-state index contributed by atoms with van der Waals surface area (Å²) in [7, 11) is 0. The predicted molar refractivity (Wildman–Crippen MR) is 72.8 cm³/mol. The van der Waals surface area contributed by atoms with Crippen LogP contribution in [-0.2, 0) is 20.7 Å². The van der Waals surface area contributed by atoms with Crippen molar-refractivity contribution in [3.8, 4) is 0 Å². The number of hydrogen-bond donors (Lipinski definition) is 0. The van der Waals surface area contributed by atoms with Crippen LogP contribution in [0.15, 0.2) is 4.52 Å². The first-order valence-electron chi connectivity index (χ1n) is 6.66. The monoisotopic (exact) mass is 284 g/mol. The summed E-state index contributed by atoms with van der Waals surface area (Å²) in [4.78, 5) is 16.2. The lowest BCUT2D eigenvalue weighted by Crippen LogP contribution is -2.23. The van der Waals surface area contributed by atoms with Gasteiger partial charge in [-0.05, 0) is 31.4 Å². The number of ether oxygens (including phenoxy) is 1. The summed E-state index contributed by atoms with van der Waals surface area (Å²) in [6.45, 7) is 6.53. The molecule has 0 radical (unpaired) electrons. The molecule has 0 aromatic carbocycles. The second-order valence-electron chi connectivity index (χ2n) is 5.23. The van der Waals surface area contributed by atoms with Crippen LogP contribution < -0.4 is 0 Å². The van der Waals surface area contributed by atoms with E-state index in [2.05, 4.69) is 24.0 Å². The van der Waals surface area contributed by atoms with E-state index >= 15 is 0 Å². The Morgan fingerprint density at radius 3 is 2.84 bits per heavy atom. The summed E-state index contributed by atoms with van der Waals surface area (Å²) < 4.78 is 10.3. The van der Waals surface area contributed by atoms with E-state index < -0.39 is 5.41 Å². The van der Waals surface area contributed by atoms with Crippen molar-refractivity contribution in [3.05, 3.63) is 11.7 Å². The van der Waals surface area contributed by atoms with E-state index in [0.29, 0.717) is 24.2 Å². The lowest BCUT2D eigenvalue weighted by Gasteiger charge is -2.08. The Labute approximate surface area is 117 Å². The molecule has 0 atom stereocenters. The van der Waals surface area contributed by atoms with E-state index in [1.54, 1.807) is 18.7 Å².